The summed E-state index contributed by atoms with van der Waals surface area (Å²) in [6, 6.07) is 7.42. The van der Waals surface area contributed by atoms with E-state index in [4.69, 9.17) is 4.74 Å². The van der Waals surface area contributed by atoms with E-state index >= 15 is 0 Å². The second kappa shape index (κ2) is 6.09. The number of carbonyl (C=O) groups excluding carboxylic acids is 1. The third kappa shape index (κ3) is 4.72. The predicted octanol–water partition coefficient (Wildman–Crippen LogP) is 3.38. The molecule has 1 aromatic rings. The molecule has 3 nitrogen and oxygen atoms in total. The molecule has 0 aliphatic carbocycles. The van der Waals surface area contributed by atoms with E-state index in [1.807, 2.05) is 52.0 Å². The molecule has 92 valence electrons. The highest BCUT2D eigenvalue weighted by Crippen LogP contribution is 2.24. The fourth-order valence-electron chi connectivity index (χ4n) is 1.36. The van der Waals surface area contributed by atoms with E-state index in [-0.39, 0.29) is 12.0 Å². The summed E-state index contributed by atoms with van der Waals surface area (Å²) in [6.07, 6.45) is 1.64. The van der Waals surface area contributed by atoms with Gasteiger partial charge in [0.1, 0.15) is 5.75 Å². The Morgan fingerprint density at radius 3 is 2.53 bits per heavy atom. The Morgan fingerprint density at radius 1 is 1.29 bits per heavy atom. The summed E-state index contributed by atoms with van der Waals surface area (Å²) in [6.45, 7) is 7.68. The standard InChI is InChI=1S/C14H19NO2/c1-10(2)9-14(16)15-12-7-5-6-8-13(12)17-11(3)4/h5-9,11H,1-4H3,(H,15,16). The lowest BCUT2D eigenvalue weighted by Crippen LogP contribution is -2.12. The number of nitrogens with one attached hydrogen (secondary N) is 1. The van der Waals surface area contributed by atoms with Gasteiger partial charge in [0.25, 0.3) is 0 Å². The van der Waals surface area contributed by atoms with Crippen molar-refractivity contribution in [1.82, 2.24) is 0 Å². The Kier molecular flexibility index (Phi) is 4.76. The summed E-state index contributed by atoms with van der Waals surface area (Å²) < 4.78 is 5.62. The highest BCUT2D eigenvalue weighted by atomic mass is 16.5. The normalized spacial score (nSPS) is 9.94. The maximum atomic E-state index is 11.6. The second-order valence-corrected chi connectivity index (χ2v) is 4.37. The average Bonchev–Trinajstić information content (AvgIpc) is 2.18. The number of carbonyl (C=O) groups is 1. The fraction of sp³-hybridized carbons (Fsp3) is 0.357. The van der Waals surface area contributed by atoms with Crippen LogP contribution in [0, 0.1) is 0 Å². The molecule has 0 atom stereocenters. The third-order valence-corrected chi connectivity index (χ3v) is 1.93. The Hall–Kier alpha value is -1.77. The molecule has 3 heteroatoms. The molecule has 0 aliphatic heterocycles. The molecule has 0 saturated heterocycles. The maximum Gasteiger partial charge on any atom is 0.248 e. The van der Waals surface area contributed by atoms with Crippen LogP contribution in [0.3, 0.4) is 0 Å². The number of anilines is 1. The number of para-hydroxylation sites is 2. The first kappa shape index (κ1) is 13.3. The molecule has 1 amide bonds. The van der Waals surface area contributed by atoms with Gasteiger partial charge in [-0.25, -0.2) is 0 Å². The van der Waals surface area contributed by atoms with E-state index in [0.29, 0.717) is 11.4 Å². The molecule has 0 aliphatic rings. The highest BCUT2D eigenvalue weighted by molar-refractivity contribution is 6.00. The van der Waals surface area contributed by atoms with Gasteiger partial charge in [0, 0.05) is 6.08 Å². The van der Waals surface area contributed by atoms with Crippen molar-refractivity contribution in [2.45, 2.75) is 33.8 Å². The molecule has 17 heavy (non-hydrogen) atoms. The smallest absolute Gasteiger partial charge is 0.248 e. The SMILES string of the molecule is CC(C)=CC(=O)Nc1ccccc1OC(C)C. The summed E-state index contributed by atoms with van der Waals surface area (Å²) in [4.78, 5) is 11.6. The van der Waals surface area contributed by atoms with Gasteiger partial charge in [0.15, 0.2) is 0 Å². The van der Waals surface area contributed by atoms with Crippen LogP contribution in [0.2, 0.25) is 0 Å². The van der Waals surface area contributed by atoms with Gasteiger partial charge in [-0.3, -0.25) is 4.79 Å². The Morgan fingerprint density at radius 2 is 1.94 bits per heavy atom. The molecule has 1 N–H and O–H groups in total. The number of allylic oxidation sites excluding steroid dienone is 1. The van der Waals surface area contributed by atoms with Crippen LogP contribution in [-0.2, 0) is 4.79 Å². The minimum atomic E-state index is -0.134. The van der Waals surface area contributed by atoms with Crippen LogP contribution in [0.1, 0.15) is 27.7 Å². The highest BCUT2D eigenvalue weighted by Gasteiger charge is 2.06. The fourth-order valence-corrected chi connectivity index (χ4v) is 1.36. The van der Waals surface area contributed by atoms with Gasteiger partial charge in [-0.15, -0.1) is 0 Å². The van der Waals surface area contributed by atoms with Crippen molar-refractivity contribution in [1.29, 1.82) is 0 Å². The summed E-state index contributed by atoms with van der Waals surface area (Å²) in [5.41, 5.74) is 1.66. The molecule has 0 fully saturated rings. The van der Waals surface area contributed by atoms with Gasteiger partial charge in [-0.2, -0.15) is 0 Å². The summed E-state index contributed by atoms with van der Waals surface area (Å²) >= 11 is 0. The summed E-state index contributed by atoms with van der Waals surface area (Å²) in [5.74, 6) is 0.558. The van der Waals surface area contributed by atoms with Crippen molar-refractivity contribution in [3.63, 3.8) is 0 Å². The minimum absolute atomic E-state index is 0.0801. The monoisotopic (exact) mass is 233 g/mol. The van der Waals surface area contributed by atoms with Gasteiger partial charge in [-0.05, 0) is 39.8 Å². The zero-order valence-electron chi connectivity index (χ0n) is 10.8. The number of rotatable bonds is 4. The lowest BCUT2D eigenvalue weighted by atomic mass is 10.2. The van der Waals surface area contributed by atoms with E-state index in [2.05, 4.69) is 5.32 Å². The number of hydrogen-bond donors (Lipinski definition) is 1. The van der Waals surface area contributed by atoms with Crippen LogP contribution in [-0.4, -0.2) is 12.0 Å². The second-order valence-electron chi connectivity index (χ2n) is 4.37. The maximum absolute atomic E-state index is 11.6. The van der Waals surface area contributed by atoms with Crippen molar-refractivity contribution in [3.8, 4) is 5.75 Å². The molecule has 0 radical (unpaired) electrons. The van der Waals surface area contributed by atoms with E-state index in [1.165, 1.54) is 0 Å². The first-order valence-corrected chi connectivity index (χ1v) is 5.70. The molecule has 0 unspecified atom stereocenters. The first-order valence-electron chi connectivity index (χ1n) is 5.70. The van der Waals surface area contributed by atoms with Gasteiger partial charge >= 0.3 is 0 Å². The first-order chi connectivity index (χ1) is 7.99. The molecule has 0 spiro atoms. The lowest BCUT2D eigenvalue weighted by Gasteiger charge is -2.14. The predicted molar refractivity (Wildman–Crippen MR) is 70.3 cm³/mol. The Labute approximate surface area is 102 Å². The van der Waals surface area contributed by atoms with Crippen LogP contribution in [0.15, 0.2) is 35.9 Å². The molecular formula is C14H19NO2. The van der Waals surface area contributed by atoms with Gasteiger partial charge in [0.05, 0.1) is 11.8 Å². The number of hydrogen-bond acceptors (Lipinski definition) is 2. The molecule has 1 rings (SSSR count). The van der Waals surface area contributed by atoms with Crippen molar-refractivity contribution in [2.24, 2.45) is 0 Å². The van der Waals surface area contributed by atoms with E-state index < -0.39 is 0 Å². The van der Waals surface area contributed by atoms with Crippen LogP contribution in [0.5, 0.6) is 5.75 Å². The summed E-state index contributed by atoms with van der Waals surface area (Å²) in [5, 5.41) is 2.81. The lowest BCUT2D eigenvalue weighted by molar-refractivity contribution is -0.112. The average molecular weight is 233 g/mol. The van der Waals surface area contributed by atoms with E-state index in [1.54, 1.807) is 6.08 Å². The zero-order chi connectivity index (χ0) is 12.8. The van der Waals surface area contributed by atoms with E-state index in [0.717, 1.165) is 5.57 Å². The molecule has 0 saturated carbocycles. The molecule has 1 aromatic carbocycles. The van der Waals surface area contributed by atoms with Crippen LogP contribution in [0.4, 0.5) is 5.69 Å². The van der Waals surface area contributed by atoms with Crippen molar-refractivity contribution >= 4 is 11.6 Å². The number of amides is 1. The Balaban J connectivity index is 2.83. The largest absolute Gasteiger partial charge is 0.489 e. The van der Waals surface area contributed by atoms with Gasteiger partial charge < -0.3 is 10.1 Å². The molecule has 0 heterocycles. The Bertz CT molecular complexity index is 418. The molecule has 0 bridgehead atoms. The van der Waals surface area contributed by atoms with Crippen LogP contribution >= 0.6 is 0 Å². The molecular weight excluding hydrogens is 214 g/mol. The molecule has 0 aromatic heterocycles. The number of ether oxygens (including phenoxy) is 1. The topological polar surface area (TPSA) is 38.3 Å². The van der Waals surface area contributed by atoms with Crippen LogP contribution in [0.25, 0.3) is 0 Å². The number of benzene rings is 1. The third-order valence-electron chi connectivity index (χ3n) is 1.93. The van der Waals surface area contributed by atoms with Crippen molar-refractivity contribution < 1.29 is 9.53 Å². The van der Waals surface area contributed by atoms with Gasteiger partial charge in [-0.1, -0.05) is 17.7 Å². The van der Waals surface area contributed by atoms with Crippen molar-refractivity contribution in [3.05, 3.63) is 35.9 Å². The van der Waals surface area contributed by atoms with Gasteiger partial charge in [0.2, 0.25) is 5.91 Å². The van der Waals surface area contributed by atoms with E-state index in [9.17, 15) is 4.79 Å². The zero-order valence-corrected chi connectivity index (χ0v) is 10.8. The summed E-state index contributed by atoms with van der Waals surface area (Å²) in [7, 11) is 0. The van der Waals surface area contributed by atoms with Crippen molar-refractivity contribution in [2.75, 3.05) is 5.32 Å². The minimum Gasteiger partial charge on any atom is -0.489 e. The van der Waals surface area contributed by atoms with Crippen LogP contribution < -0.4 is 10.1 Å². The quantitative estimate of drug-likeness (QED) is 0.810.